The molecule has 0 aromatic heterocycles. The topological polar surface area (TPSA) is 38.3 Å². The van der Waals surface area contributed by atoms with Crippen molar-refractivity contribution >= 4 is 28.7 Å². The Hall–Kier alpha value is -0.260. The summed E-state index contributed by atoms with van der Waals surface area (Å²) in [6.45, 7) is 9.56. The average Bonchev–Trinajstić information content (AvgIpc) is 1.79. The molecule has 4 heteroatoms. The first kappa shape index (κ1) is 11.7. The molecule has 0 aliphatic rings. The van der Waals surface area contributed by atoms with E-state index in [4.69, 9.17) is 4.74 Å². The maximum Gasteiger partial charge on any atom is 0.407 e. The number of rotatable bonds is 2. The van der Waals surface area contributed by atoms with Crippen molar-refractivity contribution in [1.82, 2.24) is 5.32 Å². The van der Waals surface area contributed by atoms with Crippen molar-refractivity contribution in [3.05, 3.63) is 10.2 Å². The summed E-state index contributed by atoms with van der Waals surface area (Å²) in [6, 6.07) is 0. The summed E-state index contributed by atoms with van der Waals surface area (Å²) < 4.78 is 5.62. The van der Waals surface area contributed by atoms with Crippen LogP contribution in [0.15, 0.2) is 10.2 Å². The van der Waals surface area contributed by atoms with Gasteiger partial charge in [-0.15, -0.1) is 0 Å². The van der Waals surface area contributed by atoms with E-state index in [1.165, 1.54) is 0 Å². The highest BCUT2D eigenvalue weighted by Gasteiger charge is 2.14. The molecule has 0 atom stereocenters. The quantitative estimate of drug-likeness (QED) is 0.791. The van der Waals surface area contributed by atoms with Crippen molar-refractivity contribution in [2.75, 3.05) is 6.61 Å². The van der Waals surface area contributed by atoms with E-state index in [2.05, 4.69) is 11.9 Å². The molecule has 70 valence electrons. The molecule has 0 aromatic rings. The molecule has 0 rings (SSSR count). The molecule has 0 radical (unpaired) electrons. The summed E-state index contributed by atoms with van der Waals surface area (Å²) in [4.78, 5) is 11.0. The highest BCUT2D eigenvalue weighted by atomic mass is 127. The molecule has 0 aliphatic heterocycles. The number of carbonyl (C=O) groups is 1. The van der Waals surface area contributed by atoms with Crippen molar-refractivity contribution in [3.8, 4) is 0 Å². The fourth-order valence-electron chi connectivity index (χ4n) is 0.486. The van der Waals surface area contributed by atoms with E-state index in [1.54, 1.807) is 0 Å². The van der Waals surface area contributed by atoms with Crippen LogP contribution in [0.5, 0.6) is 0 Å². The van der Waals surface area contributed by atoms with Gasteiger partial charge in [-0.05, 0) is 43.4 Å². The lowest BCUT2D eigenvalue weighted by Crippen LogP contribution is -2.41. The van der Waals surface area contributed by atoms with Gasteiger partial charge >= 0.3 is 6.09 Å². The first-order valence-electron chi connectivity index (χ1n) is 3.59. The van der Waals surface area contributed by atoms with E-state index in [-0.39, 0.29) is 12.1 Å². The third-order valence-electron chi connectivity index (χ3n) is 0.837. The zero-order chi connectivity index (χ0) is 9.78. The third kappa shape index (κ3) is 7.84. The monoisotopic (exact) mass is 283 g/mol. The second kappa shape index (κ2) is 4.69. The van der Waals surface area contributed by atoms with E-state index in [9.17, 15) is 4.79 Å². The van der Waals surface area contributed by atoms with Gasteiger partial charge in [0, 0.05) is 9.12 Å². The van der Waals surface area contributed by atoms with E-state index < -0.39 is 6.09 Å². The minimum atomic E-state index is -0.402. The zero-order valence-corrected chi connectivity index (χ0v) is 9.77. The van der Waals surface area contributed by atoms with Gasteiger partial charge in [0.2, 0.25) is 0 Å². The molecular formula is C8H14INO2. The van der Waals surface area contributed by atoms with E-state index in [1.807, 2.05) is 43.4 Å². The number of ether oxygens (including phenoxy) is 1. The van der Waals surface area contributed by atoms with Crippen molar-refractivity contribution in [2.45, 2.75) is 26.3 Å². The molecule has 0 aliphatic carbocycles. The molecule has 0 saturated carbocycles. The fraction of sp³-hybridized carbons (Fsp3) is 0.625. The first-order chi connectivity index (χ1) is 5.31. The zero-order valence-electron chi connectivity index (χ0n) is 7.61. The van der Waals surface area contributed by atoms with E-state index >= 15 is 0 Å². The van der Waals surface area contributed by atoms with Crippen LogP contribution in [0.25, 0.3) is 0 Å². The van der Waals surface area contributed by atoms with Crippen molar-refractivity contribution in [3.63, 3.8) is 0 Å². The predicted molar refractivity (Wildman–Crippen MR) is 57.4 cm³/mol. The molecule has 0 unspecified atom stereocenters. The van der Waals surface area contributed by atoms with Crippen LogP contribution >= 0.6 is 22.6 Å². The number of hydrogen-bond donors (Lipinski definition) is 1. The minimum Gasteiger partial charge on any atom is -0.444 e. The number of hydrogen-bond acceptors (Lipinski definition) is 2. The van der Waals surface area contributed by atoms with Gasteiger partial charge in [-0.2, -0.15) is 0 Å². The summed E-state index contributed by atoms with van der Waals surface area (Å²) in [5.41, 5.74) is -0.246. The Morgan fingerprint density at radius 1 is 1.58 bits per heavy atom. The third-order valence-corrected chi connectivity index (χ3v) is 1.15. The van der Waals surface area contributed by atoms with Crippen molar-refractivity contribution < 1.29 is 9.53 Å². The summed E-state index contributed by atoms with van der Waals surface area (Å²) in [7, 11) is 0. The Morgan fingerprint density at radius 3 is 2.42 bits per heavy atom. The van der Waals surface area contributed by atoms with Crippen LogP contribution in [0.3, 0.4) is 0 Å². The fourth-order valence-corrected chi connectivity index (χ4v) is 0.642. The lowest BCUT2D eigenvalue weighted by atomic mass is 10.1. The van der Waals surface area contributed by atoms with Gasteiger partial charge in [-0.25, -0.2) is 4.79 Å². The van der Waals surface area contributed by atoms with Gasteiger partial charge in [0.15, 0.2) is 0 Å². The molecule has 0 fully saturated rings. The SMILES string of the molecule is C=C(I)COC(=O)NC(C)(C)C. The van der Waals surface area contributed by atoms with Crippen molar-refractivity contribution in [1.29, 1.82) is 0 Å². The van der Waals surface area contributed by atoms with Gasteiger partial charge in [0.05, 0.1) is 0 Å². The largest absolute Gasteiger partial charge is 0.444 e. The number of alkyl carbamates (subject to hydrolysis) is 1. The molecule has 0 bridgehead atoms. The average molecular weight is 283 g/mol. The van der Waals surface area contributed by atoms with Gasteiger partial charge in [-0.3, -0.25) is 0 Å². The lowest BCUT2D eigenvalue weighted by Gasteiger charge is -2.19. The summed E-state index contributed by atoms with van der Waals surface area (Å²) in [5.74, 6) is 0. The summed E-state index contributed by atoms with van der Waals surface area (Å²) >= 11 is 2.01. The van der Waals surface area contributed by atoms with Crippen LogP contribution in [0.2, 0.25) is 0 Å². The van der Waals surface area contributed by atoms with Gasteiger partial charge < -0.3 is 10.1 Å². The summed E-state index contributed by atoms with van der Waals surface area (Å²) in [5, 5.41) is 2.67. The van der Waals surface area contributed by atoms with Crippen LogP contribution in [0.4, 0.5) is 4.79 Å². The second-order valence-corrected chi connectivity index (χ2v) is 4.99. The van der Waals surface area contributed by atoms with Crippen LogP contribution in [-0.4, -0.2) is 18.2 Å². The highest BCUT2D eigenvalue weighted by Crippen LogP contribution is 2.03. The minimum absolute atomic E-state index is 0.246. The van der Waals surface area contributed by atoms with Gasteiger partial charge in [0.25, 0.3) is 0 Å². The molecule has 3 nitrogen and oxygen atoms in total. The highest BCUT2D eigenvalue weighted by molar-refractivity contribution is 14.1. The standard InChI is InChI=1S/C8H14INO2/c1-6(9)5-12-7(11)10-8(2,3)4/h1,5H2,2-4H3,(H,10,11). The molecule has 0 saturated heterocycles. The van der Waals surface area contributed by atoms with Crippen LogP contribution < -0.4 is 5.32 Å². The molecule has 1 amide bonds. The Bertz CT molecular complexity index is 184. The molecule has 0 spiro atoms. The number of nitrogens with one attached hydrogen (secondary N) is 1. The molecule has 0 aromatic carbocycles. The van der Waals surface area contributed by atoms with Crippen LogP contribution in [0, 0.1) is 0 Å². The Kier molecular flexibility index (Phi) is 4.59. The van der Waals surface area contributed by atoms with Gasteiger partial charge in [0.1, 0.15) is 6.61 Å². The first-order valence-corrected chi connectivity index (χ1v) is 4.67. The normalized spacial score (nSPS) is 10.7. The molecule has 1 N–H and O–H groups in total. The smallest absolute Gasteiger partial charge is 0.407 e. The van der Waals surface area contributed by atoms with Crippen molar-refractivity contribution in [2.24, 2.45) is 0 Å². The van der Waals surface area contributed by atoms with E-state index in [0.29, 0.717) is 0 Å². The Balaban J connectivity index is 3.68. The maximum absolute atomic E-state index is 11.0. The number of carbonyl (C=O) groups excluding carboxylic acids is 1. The maximum atomic E-state index is 11.0. The Morgan fingerprint density at radius 2 is 2.08 bits per heavy atom. The van der Waals surface area contributed by atoms with Crippen LogP contribution in [0.1, 0.15) is 20.8 Å². The number of halogens is 1. The van der Waals surface area contributed by atoms with Crippen LogP contribution in [-0.2, 0) is 4.74 Å². The lowest BCUT2D eigenvalue weighted by molar-refractivity contribution is 0.149. The molecular weight excluding hydrogens is 269 g/mol. The summed E-state index contributed by atoms with van der Waals surface area (Å²) in [6.07, 6.45) is -0.402. The number of amides is 1. The van der Waals surface area contributed by atoms with E-state index in [0.717, 1.165) is 3.58 Å². The van der Waals surface area contributed by atoms with Gasteiger partial charge in [-0.1, -0.05) is 6.58 Å². The molecule has 12 heavy (non-hydrogen) atoms. The predicted octanol–water partition coefficient (Wildman–Crippen LogP) is 2.46. The Labute approximate surface area is 86.7 Å². The second-order valence-electron chi connectivity index (χ2n) is 3.47. The molecule has 0 heterocycles.